The van der Waals surface area contributed by atoms with Gasteiger partial charge in [-0.05, 0) is 41.1 Å². The minimum Gasteiger partial charge on any atom is -0.0803 e. The molecule has 1 aromatic rings. The number of hydrogen-bond donors (Lipinski definition) is 0. The molecule has 2 aliphatic carbocycles. The lowest BCUT2D eigenvalue weighted by Crippen LogP contribution is -2.60. The van der Waals surface area contributed by atoms with E-state index in [4.69, 9.17) is 0 Å². The molecule has 3 heteroatoms. The summed E-state index contributed by atoms with van der Waals surface area (Å²) in [5.41, 5.74) is 5.93. The molecule has 0 saturated carbocycles. The SMILES string of the molecule is CCCCC1=CC([Si](C)(C)[Si](C)(C)C2C=Cc3c(Br)cccc32)C=C1. The van der Waals surface area contributed by atoms with Crippen LogP contribution in [0.4, 0.5) is 0 Å². The van der Waals surface area contributed by atoms with Crippen molar-refractivity contribution in [2.24, 2.45) is 0 Å². The molecule has 25 heavy (non-hydrogen) atoms. The molecular formula is C22H31BrSi2. The molecule has 2 aliphatic rings. The molecule has 1 aromatic carbocycles. The van der Waals surface area contributed by atoms with Crippen LogP contribution in [0.2, 0.25) is 31.7 Å². The van der Waals surface area contributed by atoms with E-state index < -0.39 is 15.2 Å². The van der Waals surface area contributed by atoms with E-state index in [-0.39, 0.29) is 0 Å². The third-order valence-electron chi connectivity index (χ3n) is 6.88. The van der Waals surface area contributed by atoms with Crippen LogP contribution in [0.1, 0.15) is 42.9 Å². The molecule has 3 rings (SSSR count). The Kier molecular flexibility index (Phi) is 5.48. The van der Waals surface area contributed by atoms with Gasteiger partial charge in [-0.3, -0.25) is 0 Å². The molecule has 0 spiro atoms. The van der Waals surface area contributed by atoms with Crippen molar-refractivity contribution < 1.29 is 0 Å². The Balaban J connectivity index is 1.88. The van der Waals surface area contributed by atoms with Crippen LogP contribution in [0.5, 0.6) is 0 Å². The van der Waals surface area contributed by atoms with Gasteiger partial charge in [-0.2, -0.15) is 0 Å². The van der Waals surface area contributed by atoms with Gasteiger partial charge in [0, 0.05) is 4.47 Å². The quantitative estimate of drug-likeness (QED) is 0.406. The minimum atomic E-state index is -1.46. The number of hydrogen-bond acceptors (Lipinski definition) is 0. The number of benzene rings is 1. The lowest BCUT2D eigenvalue weighted by atomic mass is 10.1. The van der Waals surface area contributed by atoms with Crippen LogP contribution >= 0.6 is 15.9 Å². The van der Waals surface area contributed by atoms with Gasteiger partial charge in [0.2, 0.25) is 0 Å². The largest absolute Gasteiger partial charge is 0.0803 e. The summed E-state index contributed by atoms with van der Waals surface area (Å²) in [5.74, 6) is 0. The maximum Gasteiger partial charge on any atom is 0.0548 e. The van der Waals surface area contributed by atoms with Gasteiger partial charge >= 0.3 is 0 Å². The molecule has 0 fully saturated rings. The van der Waals surface area contributed by atoms with Gasteiger partial charge in [0.15, 0.2) is 0 Å². The number of halogens is 1. The third-order valence-corrected chi connectivity index (χ3v) is 26.9. The highest BCUT2D eigenvalue weighted by Gasteiger charge is 2.50. The molecule has 0 aliphatic heterocycles. The minimum absolute atomic E-state index is 0.656. The van der Waals surface area contributed by atoms with Gasteiger partial charge < -0.3 is 0 Å². The van der Waals surface area contributed by atoms with E-state index in [1.807, 2.05) is 0 Å². The zero-order chi connectivity index (χ0) is 18.2. The van der Waals surface area contributed by atoms with Gasteiger partial charge in [-0.15, -0.1) is 0 Å². The number of fused-ring (bicyclic) bond motifs is 1. The normalized spacial score (nSPS) is 22.4. The molecule has 0 heterocycles. The Bertz CT molecular complexity index is 740. The smallest absolute Gasteiger partial charge is 0.0548 e. The molecular weight excluding hydrogens is 400 g/mol. The van der Waals surface area contributed by atoms with E-state index in [0.29, 0.717) is 11.1 Å². The lowest BCUT2D eigenvalue weighted by Gasteiger charge is -2.45. The van der Waals surface area contributed by atoms with Crippen LogP contribution in [0.15, 0.2) is 52.5 Å². The average molecular weight is 432 g/mol. The van der Waals surface area contributed by atoms with E-state index >= 15 is 0 Å². The highest BCUT2D eigenvalue weighted by Crippen LogP contribution is 2.47. The van der Waals surface area contributed by atoms with Crippen molar-refractivity contribution >= 4 is 37.2 Å². The van der Waals surface area contributed by atoms with Crippen LogP contribution in [-0.4, -0.2) is 15.2 Å². The highest BCUT2D eigenvalue weighted by molar-refractivity contribution is 9.10. The molecule has 0 nitrogen and oxygen atoms in total. The Morgan fingerprint density at radius 1 is 1.00 bits per heavy atom. The maximum absolute atomic E-state index is 3.74. The monoisotopic (exact) mass is 430 g/mol. The summed E-state index contributed by atoms with van der Waals surface area (Å²) < 4.78 is 1.25. The highest BCUT2D eigenvalue weighted by atomic mass is 79.9. The van der Waals surface area contributed by atoms with Gasteiger partial charge in [-0.25, -0.2) is 0 Å². The predicted octanol–water partition coefficient (Wildman–Crippen LogP) is 7.65. The predicted molar refractivity (Wildman–Crippen MR) is 121 cm³/mol. The van der Waals surface area contributed by atoms with Crippen molar-refractivity contribution in [1.29, 1.82) is 0 Å². The fourth-order valence-electron chi connectivity index (χ4n) is 4.32. The summed E-state index contributed by atoms with van der Waals surface area (Å²) in [6.45, 7) is 12.9. The summed E-state index contributed by atoms with van der Waals surface area (Å²) >= 11 is 3.74. The summed E-state index contributed by atoms with van der Waals surface area (Å²) in [5, 5.41) is 0. The van der Waals surface area contributed by atoms with Gasteiger partial charge in [0.25, 0.3) is 0 Å². The van der Waals surface area contributed by atoms with E-state index in [2.05, 4.69) is 97.6 Å². The summed E-state index contributed by atoms with van der Waals surface area (Å²) in [4.78, 5) is 0. The zero-order valence-electron chi connectivity index (χ0n) is 16.3. The standard InChI is InChI=1S/C22H31BrSi2/c1-6-7-9-17-12-13-18(16-17)24(2,3)25(4,5)22-15-14-19-20(22)10-8-11-21(19)23/h8,10-16,18,22H,6-7,9H2,1-5H3. The fraction of sp³-hybridized carbons (Fsp3) is 0.455. The van der Waals surface area contributed by atoms with E-state index in [9.17, 15) is 0 Å². The summed E-state index contributed by atoms with van der Waals surface area (Å²) in [6, 6.07) is 6.74. The van der Waals surface area contributed by atoms with Crippen LogP contribution in [0.25, 0.3) is 6.08 Å². The molecule has 0 radical (unpaired) electrons. The van der Waals surface area contributed by atoms with E-state index in [1.165, 1.54) is 29.3 Å². The second-order valence-corrected chi connectivity index (χ2v) is 25.5. The first-order chi connectivity index (χ1) is 11.8. The maximum atomic E-state index is 3.74. The van der Waals surface area contributed by atoms with E-state index in [0.717, 1.165) is 0 Å². The number of rotatable bonds is 6. The van der Waals surface area contributed by atoms with Crippen LogP contribution < -0.4 is 0 Å². The third kappa shape index (κ3) is 3.35. The first kappa shape index (κ1) is 19.1. The van der Waals surface area contributed by atoms with Crippen molar-refractivity contribution in [1.82, 2.24) is 0 Å². The topological polar surface area (TPSA) is 0 Å². The van der Waals surface area contributed by atoms with Gasteiger partial charge in [-0.1, -0.05) is 104 Å². The molecule has 0 amide bonds. The van der Waals surface area contributed by atoms with Crippen molar-refractivity contribution in [3.63, 3.8) is 0 Å². The Labute approximate surface area is 164 Å². The number of allylic oxidation sites excluding steroid dienone is 5. The van der Waals surface area contributed by atoms with Crippen molar-refractivity contribution in [2.45, 2.75) is 63.5 Å². The lowest BCUT2D eigenvalue weighted by molar-refractivity contribution is 0.798. The first-order valence-electron chi connectivity index (χ1n) is 9.64. The Hall–Kier alpha value is -0.646. The second kappa shape index (κ2) is 7.17. The molecule has 0 aromatic heterocycles. The molecule has 0 bridgehead atoms. The fourth-order valence-corrected chi connectivity index (χ4v) is 15.6. The summed E-state index contributed by atoms with van der Waals surface area (Å²) in [7, 11) is -2.88. The van der Waals surface area contributed by atoms with Crippen LogP contribution in [0, 0.1) is 0 Å². The van der Waals surface area contributed by atoms with Crippen LogP contribution in [0.3, 0.4) is 0 Å². The summed E-state index contributed by atoms with van der Waals surface area (Å²) in [6.07, 6.45) is 16.3. The van der Waals surface area contributed by atoms with Crippen molar-refractivity contribution in [2.75, 3.05) is 0 Å². The van der Waals surface area contributed by atoms with Gasteiger partial charge in [0.1, 0.15) is 0 Å². The van der Waals surface area contributed by atoms with Crippen molar-refractivity contribution in [3.05, 3.63) is 63.7 Å². The molecule has 2 atom stereocenters. The Morgan fingerprint density at radius 2 is 1.76 bits per heavy atom. The molecule has 0 saturated heterocycles. The Morgan fingerprint density at radius 3 is 2.48 bits per heavy atom. The first-order valence-corrected chi connectivity index (χ1v) is 17.6. The zero-order valence-corrected chi connectivity index (χ0v) is 19.9. The second-order valence-electron chi connectivity index (χ2n) is 8.75. The van der Waals surface area contributed by atoms with Crippen molar-refractivity contribution in [3.8, 4) is 0 Å². The molecule has 134 valence electrons. The molecule has 0 N–H and O–H groups in total. The van der Waals surface area contributed by atoms with Crippen LogP contribution in [-0.2, 0) is 0 Å². The average Bonchev–Trinajstić information content (AvgIpc) is 3.20. The van der Waals surface area contributed by atoms with E-state index in [1.54, 1.807) is 11.1 Å². The molecule has 2 unspecified atom stereocenters. The van der Waals surface area contributed by atoms with Gasteiger partial charge in [0.05, 0.1) is 15.2 Å². The number of unbranched alkanes of at least 4 members (excludes halogenated alkanes) is 1.